The molecule has 0 N–H and O–H groups in total. The van der Waals surface area contributed by atoms with Crippen molar-refractivity contribution in [3.63, 3.8) is 0 Å². The Hall–Kier alpha value is -1.31. The predicted molar refractivity (Wildman–Crippen MR) is 61.3 cm³/mol. The lowest BCUT2D eigenvalue weighted by Gasteiger charge is -2.23. The fraction of sp³-hybridized carbons (Fsp3) is 0.462. The molecule has 0 radical (unpaired) electrons. The molecule has 15 heavy (non-hydrogen) atoms. The summed E-state index contributed by atoms with van der Waals surface area (Å²) >= 11 is 0. The SMILES string of the molecule is Cc1cc(C)c(OC=O)c(C(C)(C)C)c1. The normalized spacial score (nSPS) is 11.3. The van der Waals surface area contributed by atoms with Crippen molar-refractivity contribution in [2.24, 2.45) is 0 Å². The van der Waals surface area contributed by atoms with Crippen LogP contribution in [-0.2, 0) is 10.2 Å². The number of aryl methyl sites for hydroxylation is 2. The molecule has 0 bridgehead atoms. The van der Waals surface area contributed by atoms with Crippen LogP contribution in [0.2, 0.25) is 0 Å². The van der Waals surface area contributed by atoms with Crippen molar-refractivity contribution in [1.82, 2.24) is 0 Å². The summed E-state index contributed by atoms with van der Waals surface area (Å²) in [6.45, 7) is 10.8. The number of hydrogen-bond donors (Lipinski definition) is 0. The zero-order valence-corrected chi connectivity index (χ0v) is 10.0. The Kier molecular flexibility index (Phi) is 3.18. The van der Waals surface area contributed by atoms with Crippen molar-refractivity contribution in [1.29, 1.82) is 0 Å². The Balaban J connectivity index is 3.39. The van der Waals surface area contributed by atoms with E-state index in [2.05, 4.69) is 26.8 Å². The van der Waals surface area contributed by atoms with Gasteiger partial charge in [0.15, 0.2) is 0 Å². The Morgan fingerprint density at radius 1 is 1.20 bits per heavy atom. The van der Waals surface area contributed by atoms with E-state index in [9.17, 15) is 4.79 Å². The molecule has 0 aliphatic rings. The van der Waals surface area contributed by atoms with E-state index in [1.54, 1.807) is 0 Å². The highest BCUT2D eigenvalue weighted by molar-refractivity contribution is 5.54. The number of benzene rings is 1. The topological polar surface area (TPSA) is 26.3 Å². The number of carbonyl (C=O) groups excluding carboxylic acids is 1. The molecule has 1 aromatic rings. The van der Waals surface area contributed by atoms with Crippen LogP contribution in [0.1, 0.15) is 37.5 Å². The molecule has 0 fully saturated rings. The molecule has 2 heteroatoms. The summed E-state index contributed by atoms with van der Waals surface area (Å²) in [5.41, 5.74) is 3.25. The van der Waals surface area contributed by atoms with Crippen LogP contribution in [0.4, 0.5) is 0 Å². The van der Waals surface area contributed by atoms with E-state index in [-0.39, 0.29) is 5.41 Å². The summed E-state index contributed by atoms with van der Waals surface area (Å²) in [7, 11) is 0. The van der Waals surface area contributed by atoms with Gasteiger partial charge in [0.2, 0.25) is 0 Å². The lowest BCUT2D eigenvalue weighted by molar-refractivity contribution is -0.120. The van der Waals surface area contributed by atoms with Crippen LogP contribution in [-0.4, -0.2) is 6.47 Å². The second-order valence-corrected chi connectivity index (χ2v) is 4.92. The first kappa shape index (κ1) is 11.8. The number of hydrogen-bond acceptors (Lipinski definition) is 2. The van der Waals surface area contributed by atoms with Crippen LogP contribution >= 0.6 is 0 Å². The van der Waals surface area contributed by atoms with Crippen molar-refractivity contribution < 1.29 is 9.53 Å². The minimum Gasteiger partial charge on any atom is -0.428 e. The highest BCUT2D eigenvalue weighted by atomic mass is 16.5. The predicted octanol–water partition coefficient (Wildman–Crippen LogP) is 3.14. The molecule has 1 aromatic carbocycles. The molecule has 0 unspecified atom stereocenters. The lowest BCUT2D eigenvalue weighted by atomic mass is 9.84. The maximum absolute atomic E-state index is 10.5. The standard InChI is InChI=1S/C13H18O2/c1-9-6-10(2)12(15-8-14)11(7-9)13(3,4)5/h6-8H,1-5H3. The third-order valence-corrected chi connectivity index (χ3v) is 2.39. The largest absolute Gasteiger partial charge is 0.428 e. The van der Waals surface area contributed by atoms with Crippen LogP contribution in [0, 0.1) is 13.8 Å². The summed E-state index contributed by atoms with van der Waals surface area (Å²) in [5, 5.41) is 0. The van der Waals surface area contributed by atoms with Gasteiger partial charge in [0.05, 0.1) is 0 Å². The van der Waals surface area contributed by atoms with Gasteiger partial charge in [-0.3, -0.25) is 4.79 Å². The maximum atomic E-state index is 10.5. The fourth-order valence-corrected chi connectivity index (χ4v) is 1.72. The van der Waals surface area contributed by atoms with Crippen LogP contribution in [0.15, 0.2) is 12.1 Å². The molecule has 0 spiro atoms. The van der Waals surface area contributed by atoms with E-state index in [1.165, 1.54) is 5.56 Å². The van der Waals surface area contributed by atoms with Gasteiger partial charge in [0, 0.05) is 5.56 Å². The van der Waals surface area contributed by atoms with Crippen LogP contribution in [0.3, 0.4) is 0 Å². The molecule has 82 valence electrons. The Morgan fingerprint density at radius 3 is 2.27 bits per heavy atom. The summed E-state index contributed by atoms with van der Waals surface area (Å²) in [6.07, 6.45) is 0. The van der Waals surface area contributed by atoms with E-state index in [4.69, 9.17) is 4.74 Å². The smallest absolute Gasteiger partial charge is 0.298 e. The number of carbonyl (C=O) groups is 1. The summed E-state index contributed by atoms with van der Waals surface area (Å²) < 4.78 is 5.07. The molecule has 0 amide bonds. The molecule has 0 atom stereocenters. The zero-order chi connectivity index (χ0) is 11.6. The summed E-state index contributed by atoms with van der Waals surface area (Å²) in [4.78, 5) is 10.5. The molecule has 0 aromatic heterocycles. The first-order valence-corrected chi connectivity index (χ1v) is 5.08. The lowest BCUT2D eigenvalue weighted by Crippen LogP contribution is -2.14. The van der Waals surface area contributed by atoms with Gasteiger partial charge in [-0.25, -0.2) is 0 Å². The number of rotatable bonds is 2. The Morgan fingerprint density at radius 2 is 1.80 bits per heavy atom. The van der Waals surface area contributed by atoms with Crippen molar-refractivity contribution in [3.05, 3.63) is 28.8 Å². The minimum atomic E-state index is -0.0187. The van der Waals surface area contributed by atoms with Gasteiger partial charge in [0.25, 0.3) is 6.47 Å². The fourth-order valence-electron chi connectivity index (χ4n) is 1.72. The van der Waals surface area contributed by atoms with Crippen LogP contribution < -0.4 is 4.74 Å². The second kappa shape index (κ2) is 4.05. The third kappa shape index (κ3) is 2.58. The second-order valence-electron chi connectivity index (χ2n) is 4.92. The molecule has 1 rings (SSSR count). The average molecular weight is 206 g/mol. The van der Waals surface area contributed by atoms with Gasteiger partial charge in [-0.15, -0.1) is 0 Å². The highest BCUT2D eigenvalue weighted by Gasteiger charge is 2.20. The van der Waals surface area contributed by atoms with Gasteiger partial charge in [0.1, 0.15) is 5.75 Å². The van der Waals surface area contributed by atoms with Crippen molar-refractivity contribution in [2.75, 3.05) is 0 Å². The summed E-state index contributed by atoms with van der Waals surface area (Å²) in [6, 6.07) is 4.10. The Bertz CT molecular complexity index is 373. The van der Waals surface area contributed by atoms with E-state index in [1.807, 2.05) is 19.9 Å². The minimum absolute atomic E-state index is 0.0187. The first-order chi connectivity index (χ1) is 6.86. The molecule has 0 heterocycles. The van der Waals surface area contributed by atoms with E-state index >= 15 is 0 Å². The quantitative estimate of drug-likeness (QED) is 0.695. The molecule has 0 saturated carbocycles. The molecule has 0 saturated heterocycles. The monoisotopic (exact) mass is 206 g/mol. The van der Waals surface area contributed by atoms with Crippen molar-refractivity contribution >= 4 is 6.47 Å². The molecular formula is C13H18O2. The zero-order valence-electron chi connectivity index (χ0n) is 10.0. The van der Waals surface area contributed by atoms with Gasteiger partial charge >= 0.3 is 0 Å². The number of ether oxygens (including phenoxy) is 1. The van der Waals surface area contributed by atoms with Gasteiger partial charge < -0.3 is 4.74 Å². The third-order valence-electron chi connectivity index (χ3n) is 2.39. The van der Waals surface area contributed by atoms with Gasteiger partial charge in [-0.1, -0.05) is 38.5 Å². The highest BCUT2D eigenvalue weighted by Crippen LogP contribution is 2.34. The van der Waals surface area contributed by atoms with Gasteiger partial charge in [-0.05, 0) is 24.8 Å². The Labute approximate surface area is 91.3 Å². The molecular weight excluding hydrogens is 188 g/mol. The summed E-state index contributed by atoms with van der Waals surface area (Å²) in [5.74, 6) is 0.697. The van der Waals surface area contributed by atoms with Gasteiger partial charge in [-0.2, -0.15) is 0 Å². The van der Waals surface area contributed by atoms with Crippen LogP contribution in [0.25, 0.3) is 0 Å². The van der Waals surface area contributed by atoms with E-state index in [0.717, 1.165) is 11.1 Å². The van der Waals surface area contributed by atoms with Crippen molar-refractivity contribution in [2.45, 2.75) is 40.0 Å². The van der Waals surface area contributed by atoms with E-state index < -0.39 is 0 Å². The molecule has 0 aliphatic heterocycles. The maximum Gasteiger partial charge on any atom is 0.298 e. The van der Waals surface area contributed by atoms with Crippen LogP contribution in [0.5, 0.6) is 5.75 Å². The molecule has 0 aliphatic carbocycles. The van der Waals surface area contributed by atoms with Crippen molar-refractivity contribution in [3.8, 4) is 5.75 Å². The molecule has 2 nitrogen and oxygen atoms in total. The average Bonchev–Trinajstić information content (AvgIpc) is 2.07. The first-order valence-electron chi connectivity index (χ1n) is 5.08. The van der Waals surface area contributed by atoms with E-state index in [0.29, 0.717) is 12.2 Å².